The van der Waals surface area contributed by atoms with Gasteiger partial charge in [-0.05, 0) is 69.2 Å². The van der Waals surface area contributed by atoms with Gasteiger partial charge in [0.05, 0.1) is 19.1 Å². The van der Waals surface area contributed by atoms with Gasteiger partial charge in [0.1, 0.15) is 0 Å². The average molecular weight is 478 g/mol. The second-order valence-corrected chi connectivity index (χ2v) is 10.6. The number of hydrogen-bond acceptors (Lipinski definition) is 6. The van der Waals surface area contributed by atoms with Gasteiger partial charge in [-0.15, -0.1) is 0 Å². The number of hydrogen-bond donors (Lipinski definition) is 0. The fraction of sp³-hybridized carbons (Fsp3) is 0.593. The summed E-state index contributed by atoms with van der Waals surface area (Å²) in [6, 6.07) is 6.00. The van der Waals surface area contributed by atoms with Gasteiger partial charge in [-0.2, -0.15) is 0 Å². The Balaban J connectivity index is 0.987. The second kappa shape index (κ2) is 9.64. The third kappa shape index (κ3) is 4.68. The van der Waals surface area contributed by atoms with E-state index in [-0.39, 0.29) is 5.92 Å². The molecule has 35 heavy (non-hydrogen) atoms. The van der Waals surface area contributed by atoms with Crippen molar-refractivity contribution in [2.75, 3.05) is 39.8 Å². The predicted molar refractivity (Wildman–Crippen MR) is 132 cm³/mol. The molecule has 0 bridgehead atoms. The lowest BCUT2D eigenvalue weighted by Gasteiger charge is -2.33. The van der Waals surface area contributed by atoms with Gasteiger partial charge in [-0.1, -0.05) is 11.2 Å². The van der Waals surface area contributed by atoms with Crippen molar-refractivity contribution in [1.82, 2.24) is 24.5 Å². The second-order valence-electron chi connectivity index (χ2n) is 10.6. The number of amides is 1. The zero-order valence-corrected chi connectivity index (χ0v) is 20.5. The molecule has 3 fully saturated rings. The molecule has 2 aliphatic heterocycles. The van der Waals surface area contributed by atoms with E-state index in [1.165, 1.54) is 6.42 Å². The number of imidazole rings is 1. The van der Waals surface area contributed by atoms with Crippen LogP contribution >= 0.6 is 0 Å². The summed E-state index contributed by atoms with van der Waals surface area (Å²) in [6.45, 7) is 5.92. The minimum Gasteiger partial charge on any atom is -0.493 e. The molecule has 6 rings (SSSR count). The number of aromatic nitrogens is 3. The minimum atomic E-state index is 0.228. The monoisotopic (exact) mass is 477 g/mol. The molecule has 8 heteroatoms. The summed E-state index contributed by atoms with van der Waals surface area (Å²) in [4.78, 5) is 22.0. The van der Waals surface area contributed by atoms with Crippen LogP contribution in [-0.4, -0.2) is 70.2 Å². The number of likely N-dealkylation sites (tertiary alicyclic amines) is 2. The van der Waals surface area contributed by atoms with Crippen molar-refractivity contribution in [3.63, 3.8) is 0 Å². The minimum absolute atomic E-state index is 0.228. The Hall–Kier alpha value is -2.87. The van der Waals surface area contributed by atoms with Crippen LogP contribution in [0.15, 0.2) is 41.4 Å². The zero-order chi connectivity index (χ0) is 23.8. The number of fused-ring (bicyclic) bond motifs is 1. The van der Waals surface area contributed by atoms with Crippen molar-refractivity contribution in [1.29, 1.82) is 0 Å². The molecular formula is C27H35N5O3. The van der Waals surface area contributed by atoms with E-state index in [0.717, 1.165) is 87.4 Å². The number of carbonyl (C=O) groups is 1. The Morgan fingerprint density at radius 1 is 1.17 bits per heavy atom. The smallest absolute Gasteiger partial charge is 0.226 e. The van der Waals surface area contributed by atoms with Crippen LogP contribution in [0.5, 0.6) is 5.75 Å². The first-order chi connectivity index (χ1) is 17.2. The molecule has 4 heterocycles. The molecule has 8 nitrogen and oxygen atoms in total. The number of benzene rings is 1. The summed E-state index contributed by atoms with van der Waals surface area (Å²) < 4.78 is 13.2. The molecule has 2 saturated heterocycles. The summed E-state index contributed by atoms with van der Waals surface area (Å²) in [5.74, 6) is 2.83. The third-order valence-corrected chi connectivity index (χ3v) is 8.28. The van der Waals surface area contributed by atoms with Crippen LogP contribution in [0.2, 0.25) is 0 Å². The number of piperidine rings is 2. The van der Waals surface area contributed by atoms with Crippen LogP contribution in [0.4, 0.5) is 0 Å². The maximum Gasteiger partial charge on any atom is 0.226 e. The van der Waals surface area contributed by atoms with Gasteiger partial charge in [-0.3, -0.25) is 4.79 Å². The number of ether oxygens (including phenoxy) is 1. The van der Waals surface area contributed by atoms with Crippen LogP contribution in [0.3, 0.4) is 0 Å². The van der Waals surface area contributed by atoms with Crippen molar-refractivity contribution in [2.45, 2.75) is 44.6 Å². The van der Waals surface area contributed by atoms with Crippen molar-refractivity contribution >= 4 is 16.9 Å². The van der Waals surface area contributed by atoms with Gasteiger partial charge in [0.25, 0.3) is 0 Å². The quantitative estimate of drug-likeness (QED) is 0.515. The van der Waals surface area contributed by atoms with E-state index in [1.54, 1.807) is 7.11 Å². The van der Waals surface area contributed by atoms with Crippen molar-refractivity contribution in [3.8, 4) is 5.75 Å². The summed E-state index contributed by atoms with van der Waals surface area (Å²) in [6.07, 6.45) is 11.2. The number of methoxy groups -OCH3 is 1. The highest BCUT2D eigenvalue weighted by Crippen LogP contribution is 2.42. The van der Waals surface area contributed by atoms with Gasteiger partial charge in [-0.25, -0.2) is 4.98 Å². The lowest BCUT2D eigenvalue weighted by molar-refractivity contribution is -0.134. The summed E-state index contributed by atoms with van der Waals surface area (Å²) in [5.41, 5.74) is 1.81. The zero-order valence-electron chi connectivity index (χ0n) is 20.5. The topological polar surface area (TPSA) is 76.6 Å². The number of para-hydroxylation sites is 1. The molecule has 0 radical (unpaired) electrons. The summed E-state index contributed by atoms with van der Waals surface area (Å²) in [5, 5.41) is 5.49. The number of rotatable bonds is 7. The highest BCUT2D eigenvalue weighted by atomic mass is 16.5. The van der Waals surface area contributed by atoms with Crippen LogP contribution < -0.4 is 4.74 Å². The third-order valence-electron chi connectivity index (χ3n) is 8.28. The largest absolute Gasteiger partial charge is 0.493 e. The summed E-state index contributed by atoms with van der Waals surface area (Å²) in [7, 11) is 1.66. The molecule has 3 aliphatic rings. The van der Waals surface area contributed by atoms with Gasteiger partial charge in [0, 0.05) is 55.8 Å². The molecule has 0 N–H and O–H groups in total. The van der Waals surface area contributed by atoms with Gasteiger partial charge in [0.2, 0.25) is 11.5 Å². The number of carbonyl (C=O) groups excluding carboxylic acids is 1. The van der Waals surface area contributed by atoms with Crippen LogP contribution in [0.25, 0.3) is 11.0 Å². The molecule has 1 aliphatic carbocycles. The van der Waals surface area contributed by atoms with Crippen molar-refractivity contribution in [2.24, 2.45) is 17.8 Å². The van der Waals surface area contributed by atoms with Gasteiger partial charge in [0.15, 0.2) is 5.75 Å². The van der Waals surface area contributed by atoms with Gasteiger partial charge >= 0.3 is 0 Å². The Labute approximate surface area is 206 Å². The van der Waals surface area contributed by atoms with Gasteiger partial charge < -0.3 is 23.6 Å². The molecule has 186 valence electrons. The van der Waals surface area contributed by atoms with E-state index in [4.69, 9.17) is 9.26 Å². The fourth-order valence-corrected chi connectivity index (χ4v) is 6.22. The van der Waals surface area contributed by atoms with Crippen LogP contribution in [-0.2, 0) is 11.3 Å². The first kappa shape index (κ1) is 22.6. The molecule has 1 aromatic carbocycles. The molecule has 1 amide bonds. The first-order valence-corrected chi connectivity index (χ1v) is 13.1. The number of nitrogens with zero attached hydrogens (tertiary/aromatic N) is 5. The molecule has 3 aromatic rings. The van der Waals surface area contributed by atoms with Crippen LogP contribution in [0.1, 0.15) is 43.7 Å². The standard InChI is InChI=1S/C27H35N5O3/c1-34-24-6-2-5-22-25(29-35-26(22)24)20-7-11-30(12-8-20)17-21-14-23(21)27(33)32-10-3-4-19(16-32)15-31-13-9-28-18-31/h2,5-6,9,13,18-21,23H,3-4,7-8,10-12,14-17H2,1H3/t19-,21-,23+/m0/s1. The Kier molecular flexibility index (Phi) is 6.22. The van der Waals surface area contributed by atoms with Crippen molar-refractivity contribution < 1.29 is 14.1 Å². The molecular weight excluding hydrogens is 442 g/mol. The van der Waals surface area contributed by atoms with E-state index in [9.17, 15) is 4.79 Å². The highest BCUT2D eigenvalue weighted by Gasteiger charge is 2.46. The van der Waals surface area contributed by atoms with Crippen molar-refractivity contribution in [3.05, 3.63) is 42.6 Å². The maximum atomic E-state index is 13.2. The lowest BCUT2D eigenvalue weighted by atomic mass is 9.91. The Bertz CT molecular complexity index is 1150. The van der Waals surface area contributed by atoms with Crippen LogP contribution in [0, 0.1) is 17.8 Å². The molecule has 0 unspecified atom stereocenters. The molecule has 1 saturated carbocycles. The Morgan fingerprint density at radius 3 is 2.86 bits per heavy atom. The van der Waals surface area contributed by atoms with E-state index >= 15 is 0 Å². The predicted octanol–water partition coefficient (Wildman–Crippen LogP) is 3.79. The maximum absolute atomic E-state index is 13.2. The molecule has 3 atom stereocenters. The Morgan fingerprint density at radius 2 is 2.06 bits per heavy atom. The van der Waals surface area contributed by atoms with E-state index < -0.39 is 0 Å². The summed E-state index contributed by atoms with van der Waals surface area (Å²) >= 11 is 0. The normalized spacial score (nSPS) is 25.7. The molecule has 2 aromatic heterocycles. The fourth-order valence-electron chi connectivity index (χ4n) is 6.22. The SMILES string of the molecule is COc1cccc2c(C3CCN(C[C@@H]4C[C@H]4C(=O)N4CCC[C@@H](Cn5ccnc5)C4)CC3)noc12. The average Bonchev–Trinajstić information content (AvgIpc) is 3.25. The van der Waals surface area contributed by atoms with E-state index in [1.807, 2.05) is 30.9 Å². The van der Waals surface area contributed by atoms with E-state index in [2.05, 4.69) is 30.6 Å². The first-order valence-electron chi connectivity index (χ1n) is 13.1. The highest BCUT2D eigenvalue weighted by molar-refractivity contribution is 5.85. The van der Waals surface area contributed by atoms with E-state index in [0.29, 0.717) is 23.7 Å². The lowest BCUT2D eigenvalue weighted by Crippen LogP contribution is -2.42. The molecule has 0 spiro atoms.